The van der Waals surface area contributed by atoms with Crippen LogP contribution in [0.4, 0.5) is 0 Å². The third-order valence-corrected chi connectivity index (χ3v) is 48.9. The van der Waals surface area contributed by atoms with Crippen molar-refractivity contribution in [3.63, 3.8) is 0 Å². The van der Waals surface area contributed by atoms with Gasteiger partial charge in [0.05, 0.1) is 51.8 Å². The Morgan fingerprint density at radius 2 is 0.761 bits per heavy atom. The number of para-hydroxylation sites is 1. The minimum Gasteiger partial charge on any atom is -0.872 e. The molecule has 794 valence electrons. The lowest BCUT2D eigenvalue weighted by atomic mass is 9.48. The van der Waals surface area contributed by atoms with Crippen molar-refractivity contribution in [3.8, 4) is 5.75 Å². The minimum absolute atomic E-state index is 0.0248. The van der Waals surface area contributed by atoms with Gasteiger partial charge in [-0.15, -0.1) is 8.53 Å². The molecule has 5 N–H and O–H groups in total. The molecule has 33 rings (SSSR count). The highest BCUT2D eigenvalue weighted by Crippen LogP contribution is 2.69. The number of benzene rings is 2. The summed E-state index contributed by atoms with van der Waals surface area (Å²) >= 11 is 0. The molecule has 30 aliphatic carbocycles. The standard InChI is InChI=1S/C20H31NO4S2.2C11H16O3.C11H16O2.C10H17NO3S.C10H16O4S.C10H16O3S.C7H6O3.C6H6O3S.C4H5NO4S/c22-26(23,19-7-13-1-14(8-19)3-15(2-13)9-19)21-27(24,25)20-10-16-4-17(11-20)6-18(5-16)12-20;2*12-9(13)10-2-7-1-8(3-10)5-11(14,4-7)6-10;12-10(13)11-4-7-1-8(5-11)3-9(2-7)6-11;12-15(13,14)11-10-4-7-1-8(5-10)3-9(2-7)6-10;1-9(2)7-3-4-10(9,8(11)5-7)6-15(12,13)14;11-14(12,13)10-4-7-1-8(5-10)3-9(2-7)6-10;8-6-4-2-1-3-5(6)7(9)10;7-10(8,9)6-4-2-1-3-5-6;1-3-2-4(6)5-10(7,8)9-3/h13-18,21H,1-12H2;2*7-8,14H,1-6H2,(H,12,13);7-9H,1-6H2,(H,12,13);7-9,11H,1-6H2,(H,12,13,14);7H,3-6H2,1-2H3,(H,12,13,14);7-9H,1-6H2,(H,11,12,13);1-4,8H,(H,9,10);1-5H,(H,7,8,9);2H,1H3,(H,5,6)/p-9. The van der Waals surface area contributed by atoms with E-state index >= 15 is 0 Å². The van der Waals surface area contributed by atoms with Crippen LogP contribution in [0.15, 0.2) is 75.7 Å². The Morgan fingerprint density at radius 1 is 0.444 bits per heavy atom. The van der Waals surface area contributed by atoms with Crippen molar-refractivity contribution in [1.82, 2.24) is 8.85 Å². The summed E-state index contributed by atoms with van der Waals surface area (Å²) in [6.07, 6.45) is 41.7. The summed E-state index contributed by atoms with van der Waals surface area (Å²) in [5.41, 5.74) is -4.88. The number of rotatable bonds is 14. The molecule has 42 heteroatoms. The van der Waals surface area contributed by atoms with Crippen LogP contribution in [-0.2, 0) is 94.4 Å². The van der Waals surface area contributed by atoms with Crippen LogP contribution in [0.3, 0.4) is 0 Å². The zero-order chi connectivity index (χ0) is 103. The molecule has 31 aliphatic rings. The zero-order valence-electron chi connectivity index (χ0n) is 80.8. The summed E-state index contributed by atoms with van der Waals surface area (Å²) in [7, 11) is -28.6. The molecule has 0 radical (unpaired) electrons. The van der Waals surface area contributed by atoms with Crippen LogP contribution >= 0.6 is 0 Å². The van der Waals surface area contributed by atoms with Crippen LogP contribution in [0.25, 0.3) is 0 Å². The van der Waals surface area contributed by atoms with Gasteiger partial charge in [0.2, 0.25) is 20.0 Å². The Hall–Kier alpha value is -5.87. The van der Waals surface area contributed by atoms with Crippen LogP contribution in [0, 0.1) is 145 Å². The predicted octanol–water partition coefficient (Wildman–Crippen LogP) is 7.67. The molecule has 30 fully saturated rings. The fourth-order valence-corrected chi connectivity index (χ4v) is 46.2. The van der Waals surface area contributed by atoms with Gasteiger partial charge in [-0.25, -0.2) is 60.0 Å². The van der Waals surface area contributed by atoms with Crippen molar-refractivity contribution in [2.45, 2.75) is 346 Å². The lowest BCUT2D eigenvalue weighted by molar-refractivity contribution is -0.332. The lowest BCUT2D eigenvalue weighted by Crippen LogP contribution is -2.63. The van der Waals surface area contributed by atoms with Crippen LogP contribution < -0.4 is 34.4 Å². The molecule has 6 unspecified atom stereocenters. The molecular formula is C100H136N3O32S7-9. The maximum absolute atomic E-state index is 13.5. The maximum Gasteiger partial charge on any atom is 0.427 e. The first kappa shape index (κ1) is 107. The molecular weight excluding hydrogens is 1980 g/mol. The van der Waals surface area contributed by atoms with E-state index in [1.165, 1.54) is 113 Å². The molecule has 142 heavy (non-hydrogen) atoms. The summed E-state index contributed by atoms with van der Waals surface area (Å²) in [6.45, 7) is 5.20. The molecule has 35 nitrogen and oxygen atoms in total. The highest BCUT2D eigenvalue weighted by atomic mass is 32.3. The fraction of sp³-hybridized carbons (Fsp3) is 0.800. The Bertz CT molecular complexity index is 5780. The van der Waals surface area contributed by atoms with Crippen molar-refractivity contribution in [2.75, 3.05) is 5.75 Å². The third kappa shape index (κ3) is 22.4. The van der Waals surface area contributed by atoms with E-state index in [0.717, 1.165) is 154 Å². The molecule has 0 aromatic heterocycles. The summed E-state index contributed by atoms with van der Waals surface area (Å²) in [6, 6.07) is 12.7. The molecule has 0 saturated heterocycles. The second kappa shape index (κ2) is 38.2. The number of hydrogen-bond donors (Lipinski definition) is 5. The molecule has 0 spiro atoms. The number of aliphatic hydroxyl groups is 2. The van der Waals surface area contributed by atoms with Gasteiger partial charge in [-0.05, 0) is 437 Å². The van der Waals surface area contributed by atoms with E-state index in [1.54, 1.807) is 6.07 Å². The van der Waals surface area contributed by atoms with Crippen LogP contribution in [0.2, 0.25) is 0 Å². The van der Waals surface area contributed by atoms with Crippen molar-refractivity contribution >= 4 is 107 Å². The summed E-state index contributed by atoms with van der Waals surface area (Å²) in [5.74, 6) is 5.04. The first-order valence-electron chi connectivity index (χ1n) is 51.3. The molecule has 30 saturated carbocycles. The second-order valence-corrected chi connectivity index (χ2v) is 61.5. The van der Waals surface area contributed by atoms with Gasteiger partial charge < -0.3 is 77.6 Å². The first-order chi connectivity index (χ1) is 65.8. The number of carboxylic acid groups (broad SMARTS) is 4. The Morgan fingerprint density at radius 3 is 1.02 bits per heavy atom. The third-order valence-electron chi connectivity index (χ3n) is 39.1. The second-order valence-electron chi connectivity index (χ2n) is 50.2. The number of nitrogens with one attached hydrogen (secondary N) is 2. The van der Waals surface area contributed by atoms with Gasteiger partial charge in [0.1, 0.15) is 31.8 Å². The maximum atomic E-state index is 13.5. The predicted molar refractivity (Wildman–Crippen MR) is 498 cm³/mol. The molecule has 2 aromatic rings. The number of carbonyl (C=O) groups excluding carboxylic acids is 4. The lowest BCUT2D eigenvalue weighted by Gasteiger charge is -2.60. The molecule has 0 amide bonds. The number of aliphatic carboxylic acids is 3. The number of sulfonamides is 2. The number of ketones is 1. The average Bonchev–Trinajstić information content (AvgIpc) is 1.42. The van der Waals surface area contributed by atoms with Gasteiger partial charge in [-0.1, -0.05) is 56.0 Å². The van der Waals surface area contributed by atoms with E-state index in [-0.39, 0.29) is 38.9 Å². The van der Waals surface area contributed by atoms with Gasteiger partial charge in [0.25, 0.3) is 0 Å². The summed E-state index contributed by atoms with van der Waals surface area (Å²) in [4.78, 5) is 55.4. The fourth-order valence-electron chi connectivity index (χ4n) is 36.3. The Balaban J connectivity index is 0.000000110. The normalized spacial score (nSPS) is 43.0. The number of aromatic carboxylic acids is 1. The number of hydrogen-bond acceptors (Lipinski definition) is 31. The van der Waals surface area contributed by atoms with Crippen molar-refractivity contribution < 1.29 is 146 Å². The van der Waals surface area contributed by atoms with Gasteiger partial charge in [0.15, 0.2) is 10.3 Å². The van der Waals surface area contributed by atoms with E-state index < -0.39 is 159 Å². The van der Waals surface area contributed by atoms with E-state index in [9.17, 15) is 137 Å². The van der Waals surface area contributed by atoms with Crippen molar-refractivity contribution in [3.05, 3.63) is 72.0 Å². The van der Waals surface area contributed by atoms with Gasteiger partial charge in [-0.3, -0.25) is 4.79 Å². The quantitative estimate of drug-likeness (QED) is 0.113. The van der Waals surface area contributed by atoms with Crippen molar-refractivity contribution in [2.24, 2.45) is 150 Å². The average molecular weight is 2120 g/mol. The number of Topliss-reactive ketones (excluding diaryl/α,β-unsaturated/α-hetero) is 1. The largest absolute Gasteiger partial charge is 0.872 e. The number of allylic oxidation sites excluding steroid dienone is 1. The van der Waals surface area contributed by atoms with E-state index in [4.69, 9.17) is 5.11 Å². The molecule has 2 aromatic carbocycles. The molecule has 1 heterocycles. The Kier molecular flexibility index (Phi) is 28.9. The topological polar surface area (TPSA) is 638 Å². The number of carbonyl (C=O) groups is 5. The first-order valence-corrected chi connectivity index (χ1v) is 61.4. The van der Waals surface area contributed by atoms with Crippen LogP contribution in [0.5, 0.6) is 5.75 Å². The summed E-state index contributed by atoms with van der Waals surface area (Å²) in [5, 5.41) is 83.4. The van der Waals surface area contributed by atoms with E-state index in [0.29, 0.717) is 196 Å². The van der Waals surface area contributed by atoms with Crippen LogP contribution in [0.1, 0.15) is 320 Å². The highest BCUT2D eigenvalue weighted by molar-refractivity contribution is 8.06. The minimum atomic E-state index is -4.33. The van der Waals surface area contributed by atoms with E-state index in [1.807, 2.05) is 13.8 Å². The molecule has 6 atom stereocenters. The number of fused-ring (bicyclic) bond motifs is 2. The zero-order valence-corrected chi connectivity index (χ0v) is 86.5. The van der Waals surface area contributed by atoms with Gasteiger partial charge >= 0.3 is 16.3 Å². The van der Waals surface area contributed by atoms with E-state index in [2.05, 4.69) is 17.4 Å². The number of nitrogens with zero attached hydrogens (tertiary/aromatic N) is 1. The van der Waals surface area contributed by atoms with Gasteiger partial charge in [0, 0.05) is 57.4 Å². The molecule has 30 bridgehead atoms. The van der Waals surface area contributed by atoms with Crippen molar-refractivity contribution in [1.29, 1.82) is 0 Å². The molecule has 1 aliphatic heterocycles. The summed E-state index contributed by atoms with van der Waals surface area (Å²) < 4.78 is 214. The van der Waals surface area contributed by atoms with Crippen LogP contribution in [-0.4, -0.2) is 165 Å². The SMILES string of the molecule is CC1(C)C2CCC1(CS(=O)(=O)[O-])C(=O)C2.CC1=CC([O-])=NS(=O)(=O)O1.O=C(O)c1ccccc1[O-].O=C([O-])C12CC3CC(CC(C3)C1)C2.O=C([O-])C12CC3CC(CC(O)(C3)C1)C2.O=C([O-])C12CC3CC(CC(O)(C3)C1)C2.O=S(=O)(NS(=O)(=O)C12CC3CC(CC(C3)C1)C2)C12CC3CC(CC(C3)C1)C2.O=S(=O)([O-])C12CC3CC(CC(C3)C1)C2.O=S(=O)([O-])NC12CC3CC(CC(C3)C1)C2.O=S(=O)([O-])c1ccccc1. The van der Waals surface area contributed by atoms with Gasteiger partial charge in [-0.2, -0.15) is 8.42 Å². The monoisotopic (exact) mass is 2110 g/mol. The highest BCUT2D eigenvalue weighted by Gasteiger charge is 2.67. The smallest absolute Gasteiger partial charge is 0.427 e. The number of carboxylic acids is 4. The Labute approximate surface area is 834 Å².